The number of methoxy groups -OCH3 is 2. The van der Waals surface area contributed by atoms with Gasteiger partial charge in [-0.1, -0.05) is 31.7 Å². The minimum atomic E-state index is -0.430. The Bertz CT molecular complexity index is 861. The third-order valence-corrected chi connectivity index (χ3v) is 5.06. The van der Waals surface area contributed by atoms with Gasteiger partial charge in [0.15, 0.2) is 0 Å². The van der Waals surface area contributed by atoms with Crippen molar-refractivity contribution in [2.24, 2.45) is 0 Å². The highest BCUT2D eigenvalue weighted by molar-refractivity contribution is 6.04. The molecule has 0 bridgehead atoms. The first-order chi connectivity index (χ1) is 14.1. The number of nitrogens with one attached hydrogen (secondary N) is 2. The second-order valence-electron chi connectivity index (χ2n) is 7.09. The molecule has 7 heteroatoms. The van der Waals surface area contributed by atoms with Gasteiger partial charge in [0.05, 0.1) is 19.9 Å². The highest BCUT2D eigenvalue weighted by Crippen LogP contribution is 2.29. The van der Waals surface area contributed by atoms with Crippen LogP contribution in [-0.2, 0) is 0 Å². The van der Waals surface area contributed by atoms with Gasteiger partial charge >= 0.3 is 0 Å². The molecule has 3 rings (SSSR count). The van der Waals surface area contributed by atoms with Crippen LogP contribution in [0.25, 0.3) is 0 Å². The molecule has 1 aliphatic rings. The third kappa shape index (κ3) is 5.47. The molecule has 1 aliphatic carbocycles. The minimum absolute atomic E-state index is 0.156. The molecule has 1 heterocycles. The van der Waals surface area contributed by atoms with Crippen LogP contribution in [0, 0.1) is 0 Å². The number of hydrogen-bond acceptors (Lipinski definition) is 5. The number of amides is 2. The molecule has 2 N–H and O–H groups in total. The Morgan fingerprint density at radius 3 is 2.28 bits per heavy atom. The smallest absolute Gasteiger partial charge is 0.274 e. The number of aromatic nitrogens is 1. The molecule has 0 atom stereocenters. The van der Waals surface area contributed by atoms with E-state index in [9.17, 15) is 9.59 Å². The van der Waals surface area contributed by atoms with Crippen molar-refractivity contribution in [2.75, 3.05) is 19.5 Å². The zero-order valence-electron chi connectivity index (χ0n) is 16.9. The maximum absolute atomic E-state index is 12.7. The molecule has 0 radical (unpaired) electrons. The van der Waals surface area contributed by atoms with Gasteiger partial charge in [-0.15, -0.1) is 0 Å². The Balaban J connectivity index is 1.71. The summed E-state index contributed by atoms with van der Waals surface area (Å²) in [6, 6.07) is 10.1. The van der Waals surface area contributed by atoms with E-state index in [-0.39, 0.29) is 23.3 Å². The fourth-order valence-electron chi connectivity index (χ4n) is 3.47. The first-order valence-electron chi connectivity index (χ1n) is 9.92. The van der Waals surface area contributed by atoms with Gasteiger partial charge in [0.1, 0.15) is 22.9 Å². The summed E-state index contributed by atoms with van der Waals surface area (Å²) in [5.74, 6) is 0.415. The quantitative estimate of drug-likeness (QED) is 0.724. The number of carbonyl (C=O) groups excluding carboxylic acids is 2. The van der Waals surface area contributed by atoms with Crippen LogP contribution in [0.5, 0.6) is 11.5 Å². The molecular weight excluding hydrogens is 370 g/mol. The SMILES string of the molecule is COc1ccc(OC)c(NC(=O)c2cccc(C(=O)NC3CCCCCC3)n2)c1. The van der Waals surface area contributed by atoms with E-state index < -0.39 is 5.91 Å². The molecule has 2 aromatic rings. The number of nitrogens with zero attached hydrogens (tertiary/aromatic N) is 1. The fraction of sp³-hybridized carbons (Fsp3) is 0.409. The van der Waals surface area contributed by atoms with Crippen molar-refractivity contribution in [3.8, 4) is 11.5 Å². The maximum atomic E-state index is 12.7. The molecule has 7 nitrogen and oxygen atoms in total. The van der Waals surface area contributed by atoms with Crippen LogP contribution in [0.1, 0.15) is 59.5 Å². The van der Waals surface area contributed by atoms with Crippen molar-refractivity contribution in [3.05, 3.63) is 47.8 Å². The number of benzene rings is 1. The van der Waals surface area contributed by atoms with E-state index in [1.54, 1.807) is 43.5 Å². The van der Waals surface area contributed by atoms with Crippen LogP contribution in [0.4, 0.5) is 5.69 Å². The summed E-state index contributed by atoms with van der Waals surface area (Å²) in [6.45, 7) is 0. The molecule has 1 aromatic carbocycles. The molecule has 0 saturated heterocycles. The Kier molecular flexibility index (Phi) is 7.05. The summed E-state index contributed by atoms with van der Waals surface area (Å²) >= 11 is 0. The van der Waals surface area contributed by atoms with Gasteiger partial charge in [0.25, 0.3) is 11.8 Å². The Morgan fingerprint density at radius 1 is 0.931 bits per heavy atom. The van der Waals surface area contributed by atoms with Crippen LogP contribution >= 0.6 is 0 Å². The number of pyridine rings is 1. The van der Waals surface area contributed by atoms with Crippen molar-refractivity contribution in [1.82, 2.24) is 10.3 Å². The monoisotopic (exact) mass is 397 g/mol. The summed E-state index contributed by atoms with van der Waals surface area (Å²) < 4.78 is 10.5. The number of carbonyl (C=O) groups is 2. The molecule has 0 spiro atoms. The predicted octanol–water partition coefficient (Wildman–Crippen LogP) is 3.80. The van der Waals surface area contributed by atoms with Crippen LogP contribution in [0.2, 0.25) is 0 Å². The first kappa shape index (κ1) is 20.6. The van der Waals surface area contributed by atoms with Crippen LogP contribution in [0.3, 0.4) is 0 Å². The standard InChI is InChI=1S/C22H27N3O4/c1-28-16-12-13-20(29-2)19(14-16)25-22(27)18-11-7-10-17(24-18)21(26)23-15-8-5-3-4-6-9-15/h7,10-15H,3-6,8-9H2,1-2H3,(H,23,26)(H,25,27). The fourth-order valence-corrected chi connectivity index (χ4v) is 3.47. The molecule has 29 heavy (non-hydrogen) atoms. The summed E-state index contributed by atoms with van der Waals surface area (Å²) in [5, 5.41) is 5.82. The average molecular weight is 397 g/mol. The maximum Gasteiger partial charge on any atom is 0.274 e. The number of hydrogen-bond donors (Lipinski definition) is 2. The van der Waals surface area contributed by atoms with E-state index in [0.717, 1.165) is 25.7 Å². The normalized spacial score (nSPS) is 14.6. The third-order valence-electron chi connectivity index (χ3n) is 5.06. The van der Waals surface area contributed by atoms with E-state index >= 15 is 0 Å². The van der Waals surface area contributed by atoms with E-state index in [2.05, 4.69) is 15.6 Å². The Hall–Kier alpha value is -3.09. The molecule has 0 aliphatic heterocycles. The minimum Gasteiger partial charge on any atom is -0.497 e. The zero-order valence-corrected chi connectivity index (χ0v) is 16.9. The van der Waals surface area contributed by atoms with Crippen molar-refractivity contribution in [2.45, 2.75) is 44.6 Å². The van der Waals surface area contributed by atoms with Crippen molar-refractivity contribution < 1.29 is 19.1 Å². The van der Waals surface area contributed by atoms with Gasteiger partial charge in [0.2, 0.25) is 0 Å². The lowest BCUT2D eigenvalue weighted by Gasteiger charge is -2.16. The van der Waals surface area contributed by atoms with Crippen LogP contribution in [0.15, 0.2) is 36.4 Å². The zero-order chi connectivity index (χ0) is 20.6. The van der Waals surface area contributed by atoms with E-state index in [4.69, 9.17) is 9.47 Å². The molecular formula is C22H27N3O4. The summed E-state index contributed by atoms with van der Waals surface area (Å²) in [4.78, 5) is 29.6. The highest BCUT2D eigenvalue weighted by atomic mass is 16.5. The van der Waals surface area contributed by atoms with Crippen molar-refractivity contribution in [3.63, 3.8) is 0 Å². The van der Waals surface area contributed by atoms with Crippen LogP contribution < -0.4 is 20.1 Å². The van der Waals surface area contributed by atoms with Gasteiger partial charge in [-0.25, -0.2) is 4.98 Å². The molecule has 1 fully saturated rings. The number of anilines is 1. The topological polar surface area (TPSA) is 89.5 Å². The summed E-state index contributed by atoms with van der Waals surface area (Å²) in [7, 11) is 3.07. The van der Waals surface area contributed by atoms with Gasteiger partial charge < -0.3 is 20.1 Å². The average Bonchev–Trinajstić information content (AvgIpc) is 3.02. The Labute approximate surface area is 170 Å². The molecule has 2 amide bonds. The van der Waals surface area contributed by atoms with Crippen LogP contribution in [-0.4, -0.2) is 37.1 Å². The first-order valence-corrected chi connectivity index (χ1v) is 9.92. The van der Waals surface area contributed by atoms with E-state index in [0.29, 0.717) is 17.2 Å². The molecule has 154 valence electrons. The predicted molar refractivity (Wildman–Crippen MR) is 111 cm³/mol. The lowest BCUT2D eigenvalue weighted by Crippen LogP contribution is -2.35. The van der Waals surface area contributed by atoms with Gasteiger partial charge in [-0.2, -0.15) is 0 Å². The Morgan fingerprint density at radius 2 is 1.62 bits per heavy atom. The van der Waals surface area contributed by atoms with E-state index in [1.165, 1.54) is 20.0 Å². The molecule has 0 unspecified atom stereocenters. The number of rotatable bonds is 6. The second kappa shape index (κ2) is 9.91. The summed E-state index contributed by atoms with van der Waals surface area (Å²) in [6.07, 6.45) is 6.66. The van der Waals surface area contributed by atoms with Crippen molar-refractivity contribution in [1.29, 1.82) is 0 Å². The summed E-state index contributed by atoms with van der Waals surface area (Å²) in [5.41, 5.74) is 0.856. The van der Waals surface area contributed by atoms with Crippen molar-refractivity contribution >= 4 is 17.5 Å². The molecule has 1 aromatic heterocycles. The lowest BCUT2D eigenvalue weighted by molar-refractivity contribution is 0.0928. The van der Waals surface area contributed by atoms with Gasteiger partial charge in [-0.3, -0.25) is 9.59 Å². The lowest BCUT2D eigenvalue weighted by atomic mass is 10.1. The van der Waals surface area contributed by atoms with Gasteiger partial charge in [-0.05, 0) is 37.1 Å². The highest BCUT2D eigenvalue weighted by Gasteiger charge is 2.18. The second-order valence-corrected chi connectivity index (χ2v) is 7.09. The van der Waals surface area contributed by atoms with Gasteiger partial charge in [0, 0.05) is 12.1 Å². The molecule has 1 saturated carbocycles. The van der Waals surface area contributed by atoms with E-state index in [1.807, 2.05) is 0 Å². The largest absolute Gasteiger partial charge is 0.497 e. The number of ether oxygens (including phenoxy) is 2.